The minimum absolute atomic E-state index is 0.294. The van der Waals surface area contributed by atoms with Crippen LogP contribution in [0.4, 0.5) is 8.78 Å². The average molecular weight is 366 g/mol. The van der Waals surface area contributed by atoms with Gasteiger partial charge < -0.3 is 0 Å². The van der Waals surface area contributed by atoms with E-state index in [-0.39, 0.29) is 0 Å². The second-order valence-corrected chi connectivity index (χ2v) is 8.21. The molecule has 2 aliphatic carbocycles. The molecule has 0 radical (unpaired) electrons. The van der Waals surface area contributed by atoms with Crippen LogP contribution in [0.3, 0.4) is 0 Å². The first kappa shape index (κ1) is 18.4. The van der Waals surface area contributed by atoms with Crippen molar-refractivity contribution in [1.29, 1.82) is 0 Å². The third-order valence-corrected chi connectivity index (χ3v) is 6.54. The molecule has 2 heteroatoms. The molecule has 4 rings (SSSR count). The Kier molecular flexibility index (Phi) is 5.43. The van der Waals surface area contributed by atoms with Crippen molar-refractivity contribution in [2.45, 2.75) is 64.2 Å². The molecule has 0 amide bonds. The molecule has 2 unspecified atom stereocenters. The van der Waals surface area contributed by atoms with E-state index in [0.29, 0.717) is 5.92 Å². The zero-order valence-corrected chi connectivity index (χ0v) is 16.1. The van der Waals surface area contributed by atoms with Crippen molar-refractivity contribution in [2.24, 2.45) is 5.92 Å². The van der Waals surface area contributed by atoms with Crippen LogP contribution in [0.25, 0.3) is 0 Å². The molecule has 0 aromatic heterocycles. The molecule has 0 heterocycles. The molecule has 2 aromatic carbocycles. The summed E-state index contributed by atoms with van der Waals surface area (Å²) in [5.41, 5.74) is 7.05. The number of benzene rings is 2. The number of fused-ring (bicyclic) bond motifs is 3. The highest BCUT2D eigenvalue weighted by Gasteiger charge is 2.27. The molecule has 0 aliphatic heterocycles. The maximum absolute atomic E-state index is 13.6. The van der Waals surface area contributed by atoms with E-state index in [9.17, 15) is 8.78 Å². The Morgan fingerprint density at radius 1 is 0.926 bits per heavy atom. The van der Waals surface area contributed by atoms with Gasteiger partial charge in [0.1, 0.15) is 0 Å². The van der Waals surface area contributed by atoms with Gasteiger partial charge in [-0.1, -0.05) is 30.4 Å². The van der Waals surface area contributed by atoms with Crippen LogP contribution in [-0.4, -0.2) is 0 Å². The van der Waals surface area contributed by atoms with Gasteiger partial charge in [0.15, 0.2) is 11.6 Å². The second kappa shape index (κ2) is 7.96. The van der Waals surface area contributed by atoms with Crippen LogP contribution in [0.1, 0.15) is 66.3 Å². The minimum Gasteiger partial charge on any atom is -0.204 e. The van der Waals surface area contributed by atoms with Crippen molar-refractivity contribution in [3.05, 3.63) is 81.9 Å². The molecule has 142 valence electrons. The van der Waals surface area contributed by atoms with Crippen LogP contribution < -0.4 is 0 Å². The summed E-state index contributed by atoms with van der Waals surface area (Å²) in [7, 11) is 0. The minimum atomic E-state index is -0.756. The molecular weight excluding hydrogens is 338 g/mol. The molecule has 2 aromatic rings. The topological polar surface area (TPSA) is 0 Å². The highest BCUT2D eigenvalue weighted by atomic mass is 19.2. The highest BCUT2D eigenvalue weighted by Crippen LogP contribution is 2.39. The lowest BCUT2D eigenvalue weighted by Gasteiger charge is -2.32. The molecule has 2 aliphatic rings. The monoisotopic (exact) mass is 366 g/mol. The van der Waals surface area contributed by atoms with E-state index in [1.165, 1.54) is 49.8 Å². The first-order chi connectivity index (χ1) is 13.2. The first-order valence-corrected chi connectivity index (χ1v) is 10.3. The van der Waals surface area contributed by atoms with E-state index in [1.807, 2.05) is 0 Å². The van der Waals surface area contributed by atoms with Gasteiger partial charge in [0, 0.05) is 0 Å². The molecule has 0 N–H and O–H groups in total. The van der Waals surface area contributed by atoms with Gasteiger partial charge in [-0.05, 0) is 110 Å². The number of allylic oxidation sites excluding steroid dienone is 2. The average Bonchev–Trinajstić information content (AvgIpc) is 2.69. The summed E-state index contributed by atoms with van der Waals surface area (Å²) in [4.78, 5) is 0. The summed E-state index contributed by atoms with van der Waals surface area (Å²) in [5, 5.41) is 0. The van der Waals surface area contributed by atoms with Crippen molar-refractivity contribution in [3.63, 3.8) is 0 Å². The van der Waals surface area contributed by atoms with Gasteiger partial charge >= 0.3 is 0 Å². The third-order valence-electron chi connectivity index (χ3n) is 6.54. The fourth-order valence-electron chi connectivity index (χ4n) is 5.04. The number of hydrogen-bond acceptors (Lipinski definition) is 0. The van der Waals surface area contributed by atoms with Crippen LogP contribution in [-0.2, 0) is 25.7 Å². The second-order valence-electron chi connectivity index (χ2n) is 8.21. The van der Waals surface area contributed by atoms with Crippen LogP contribution in [0.5, 0.6) is 0 Å². The fourth-order valence-corrected chi connectivity index (χ4v) is 5.04. The van der Waals surface area contributed by atoms with E-state index in [0.717, 1.165) is 30.7 Å². The van der Waals surface area contributed by atoms with E-state index < -0.39 is 11.6 Å². The number of hydrogen-bond donors (Lipinski definition) is 0. The predicted octanol–water partition coefficient (Wildman–Crippen LogP) is 6.70. The Labute approximate surface area is 161 Å². The van der Waals surface area contributed by atoms with Crippen molar-refractivity contribution < 1.29 is 8.78 Å². The zero-order valence-electron chi connectivity index (χ0n) is 16.1. The van der Waals surface area contributed by atoms with Crippen molar-refractivity contribution in [3.8, 4) is 0 Å². The van der Waals surface area contributed by atoms with E-state index in [1.54, 1.807) is 22.8 Å². The van der Waals surface area contributed by atoms with Gasteiger partial charge in [-0.25, -0.2) is 8.78 Å². The Morgan fingerprint density at radius 2 is 1.67 bits per heavy atom. The summed E-state index contributed by atoms with van der Waals surface area (Å²) < 4.78 is 26.9. The summed E-state index contributed by atoms with van der Waals surface area (Å²) in [6.07, 6.45) is 13.7. The maximum atomic E-state index is 13.6. The van der Waals surface area contributed by atoms with Gasteiger partial charge in [-0.15, -0.1) is 0 Å². The van der Waals surface area contributed by atoms with Gasteiger partial charge in [0.2, 0.25) is 0 Å². The third kappa shape index (κ3) is 3.85. The zero-order chi connectivity index (χ0) is 18.8. The lowest BCUT2D eigenvalue weighted by molar-refractivity contribution is 0.427. The summed E-state index contributed by atoms with van der Waals surface area (Å²) in [6.45, 7) is 2.09. The Bertz CT molecular complexity index is 850. The SMILES string of the molecule is CC=CCCC1CCc2c(ccc3c2CCC(c2ccc(F)c(F)c2)C3)C1. The largest absolute Gasteiger partial charge is 0.204 e. The lowest BCUT2D eigenvalue weighted by Crippen LogP contribution is -2.20. The van der Waals surface area contributed by atoms with Crippen molar-refractivity contribution >= 4 is 0 Å². The molecule has 0 spiro atoms. The number of halogens is 2. The molecule has 0 saturated carbocycles. The van der Waals surface area contributed by atoms with E-state index in [2.05, 4.69) is 31.2 Å². The summed E-state index contributed by atoms with van der Waals surface area (Å²) in [6, 6.07) is 9.04. The van der Waals surface area contributed by atoms with E-state index >= 15 is 0 Å². The molecule has 0 nitrogen and oxygen atoms in total. The van der Waals surface area contributed by atoms with Gasteiger partial charge in [0.25, 0.3) is 0 Å². The smallest absolute Gasteiger partial charge is 0.159 e. The molecule has 0 bridgehead atoms. The highest BCUT2D eigenvalue weighted by molar-refractivity contribution is 5.45. The molecule has 2 atom stereocenters. The normalized spacial score (nSPS) is 21.9. The Balaban J connectivity index is 1.51. The summed E-state index contributed by atoms with van der Waals surface area (Å²) in [5.74, 6) is -0.381. The van der Waals surface area contributed by atoms with Crippen LogP contribution >= 0.6 is 0 Å². The quantitative estimate of drug-likeness (QED) is 0.528. The van der Waals surface area contributed by atoms with Crippen molar-refractivity contribution in [1.82, 2.24) is 0 Å². The summed E-state index contributed by atoms with van der Waals surface area (Å²) >= 11 is 0. The van der Waals surface area contributed by atoms with Crippen molar-refractivity contribution in [2.75, 3.05) is 0 Å². The maximum Gasteiger partial charge on any atom is 0.159 e. The first-order valence-electron chi connectivity index (χ1n) is 10.3. The molecule has 0 fully saturated rings. The fraction of sp³-hybridized carbons (Fsp3) is 0.440. The lowest BCUT2D eigenvalue weighted by atomic mass is 9.73. The molecule has 0 saturated heterocycles. The molecule has 27 heavy (non-hydrogen) atoms. The van der Waals surface area contributed by atoms with Crippen LogP contribution in [0.2, 0.25) is 0 Å². The molecular formula is C25H28F2. The Hall–Kier alpha value is -1.96. The van der Waals surface area contributed by atoms with E-state index in [4.69, 9.17) is 0 Å². The van der Waals surface area contributed by atoms with Gasteiger partial charge in [0.05, 0.1) is 0 Å². The Morgan fingerprint density at radius 3 is 2.41 bits per heavy atom. The van der Waals surface area contributed by atoms with Gasteiger partial charge in [-0.2, -0.15) is 0 Å². The van der Waals surface area contributed by atoms with Crippen LogP contribution in [0, 0.1) is 17.6 Å². The predicted molar refractivity (Wildman–Crippen MR) is 107 cm³/mol. The standard InChI is InChI=1S/C25H28F2/c1-2-3-4-5-17-6-11-22-20(14-17)7-8-21-15-18(9-12-23(21)22)19-10-13-24(26)25(27)16-19/h2-3,7-8,10,13,16-18H,4-6,9,11-12,14-15H2,1H3. The van der Waals surface area contributed by atoms with Gasteiger partial charge in [-0.3, -0.25) is 0 Å². The number of rotatable bonds is 4. The van der Waals surface area contributed by atoms with Crippen LogP contribution in [0.15, 0.2) is 42.5 Å².